The minimum Gasteiger partial charge on any atom is -0.497 e. The Morgan fingerprint density at radius 1 is 1.29 bits per heavy atom. The van der Waals surface area contributed by atoms with Crippen LogP contribution in [-0.2, 0) is 0 Å². The zero-order chi connectivity index (χ0) is 10.4. The van der Waals surface area contributed by atoms with Crippen molar-refractivity contribution in [2.24, 2.45) is 0 Å². The number of allylic oxidation sites excluding steroid dienone is 1. The van der Waals surface area contributed by atoms with Crippen molar-refractivity contribution in [1.82, 2.24) is 0 Å². The first-order valence-electron chi connectivity index (χ1n) is 3.89. The lowest BCUT2D eigenvalue weighted by Gasteiger charge is -1.97. The highest BCUT2D eigenvalue weighted by Crippen LogP contribution is 2.10. The van der Waals surface area contributed by atoms with E-state index in [1.807, 2.05) is 0 Å². The van der Waals surface area contributed by atoms with Gasteiger partial charge in [-0.3, -0.25) is 0 Å². The van der Waals surface area contributed by atoms with Crippen LogP contribution in [-0.4, -0.2) is 7.11 Å². The molecular formula is C11H8F2O. The van der Waals surface area contributed by atoms with Gasteiger partial charge >= 0.3 is 0 Å². The van der Waals surface area contributed by atoms with Gasteiger partial charge in [-0.2, -0.15) is 8.78 Å². The molecule has 1 nitrogen and oxygen atoms in total. The molecule has 0 spiro atoms. The minimum atomic E-state index is -1.79. The number of hydrogen-bond acceptors (Lipinski definition) is 1. The van der Waals surface area contributed by atoms with Crippen LogP contribution >= 0.6 is 0 Å². The number of ether oxygens (including phenoxy) is 1. The Labute approximate surface area is 81.0 Å². The van der Waals surface area contributed by atoms with E-state index in [2.05, 4.69) is 11.8 Å². The lowest BCUT2D eigenvalue weighted by Crippen LogP contribution is -1.81. The van der Waals surface area contributed by atoms with Crippen LogP contribution < -0.4 is 4.74 Å². The van der Waals surface area contributed by atoms with Gasteiger partial charge in [-0.15, -0.1) is 0 Å². The van der Waals surface area contributed by atoms with E-state index < -0.39 is 6.08 Å². The molecule has 0 N–H and O–H groups in total. The summed E-state index contributed by atoms with van der Waals surface area (Å²) in [5.41, 5.74) is 0.670. The summed E-state index contributed by atoms with van der Waals surface area (Å²) in [6.07, 6.45) is -1.21. The monoisotopic (exact) mass is 194 g/mol. The smallest absolute Gasteiger partial charge is 0.278 e. The van der Waals surface area contributed by atoms with E-state index in [4.69, 9.17) is 4.74 Å². The number of hydrogen-bond donors (Lipinski definition) is 0. The van der Waals surface area contributed by atoms with Crippen LogP contribution in [0.3, 0.4) is 0 Å². The molecule has 0 heterocycles. The van der Waals surface area contributed by atoms with E-state index in [1.165, 1.54) is 0 Å². The second-order valence-corrected chi connectivity index (χ2v) is 2.43. The molecule has 14 heavy (non-hydrogen) atoms. The summed E-state index contributed by atoms with van der Waals surface area (Å²) in [6, 6.07) is 6.85. The number of rotatable bonds is 1. The Balaban J connectivity index is 2.76. The van der Waals surface area contributed by atoms with E-state index in [9.17, 15) is 8.78 Å². The SMILES string of the molecule is COc1ccc(C#CC=C(F)F)cc1. The van der Waals surface area contributed by atoms with Crippen LogP contribution in [0.4, 0.5) is 8.78 Å². The third-order valence-electron chi connectivity index (χ3n) is 1.49. The van der Waals surface area contributed by atoms with Gasteiger partial charge in [-0.1, -0.05) is 11.8 Å². The van der Waals surface area contributed by atoms with Gasteiger partial charge < -0.3 is 4.74 Å². The van der Waals surface area contributed by atoms with Crippen LogP contribution in [0.2, 0.25) is 0 Å². The fourth-order valence-corrected chi connectivity index (χ4v) is 0.848. The lowest BCUT2D eigenvalue weighted by atomic mass is 10.2. The molecular weight excluding hydrogens is 186 g/mol. The summed E-state index contributed by atoms with van der Waals surface area (Å²) < 4.78 is 28.1. The predicted molar refractivity (Wildman–Crippen MR) is 50.2 cm³/mol. The van der Waals surface area contributed by atoms with Crippen LogP contribution in [0.1, 0.15) is 5.56 Å². The Morgan fingerprint density at radius 2 is 1.93 bits per heavy atom. The number of benzene rings is 1. The summed E-state index contributed by atoms with van der Waals surface area (Å²) >= 11 is 0. The summed E-state index contributed by atoms with van der Waals surface area (Å²) in [5, 5.41) is 0. The van der Waals surface area contributed by atoms with Crippen molar-refractivity contribution < 1.29 is 13.5 Å². The average molecular weight is 194 g/mol. The van der Waals surface area contributed by atoms with Gasteiger partial charge in [0.15, 0.2) is 0 Å². The molecule has 0 atom stereocenters. The maximum absolute atomic E-state index is 11.6. The molecule has 0 aliphatic heterocycles. The third kappa shape index (κ3) is 3.28. The van der Waals surface area contributed by atoms with Crippen molar-refractivity contribution in [3.05, 3.63) is 42.0 Å². The zero-order valence-electron chi connectivity index (χ0n) is 7.55. The van der Waals surface area contributed by atoms with E-state index in [0.717, 1.165) is 0 Å². The number of methoxy groups -OCH3 is 1. The summed E-state index contributed by atoms with van der Waals surface area (Å²) in [6.45, 7) is 0. The first-order chi connectivity index (χ1) is 6.72. The Morgan fingerprint density at radius 3 is 2.43 bits per heavy atom. The van der Waals surface area contributed by atoms with Crippen molar-refractivity contribution in [2.75, 3.05) is 7.11 Å². The second kappa shape index (κ2) is 5.03. The summed E-state index contributed by atoms with van der Waals surface area (Å²) in [7, 11) is 1.56. The Kier molecular flexibility index (Phi) is 3.69. The van der Waals surface area contributed by atoms with E-state index >= 15 is 0 Å². The molecule has 0 amide bonds. The van der Waals surface area contributed by atoms with E-state index in [-0.39, 0.29) is 0 Å². The molecule has 0 saturated carbocycles. The standard InChI is InChI=1S/C11H8F2O/c1-14-10-7-5-9(6-8-10)3-2-4-11(12)13/h4-8H,1H3. The highest BCUT2D eigenvalue weighted by atomic mass is 19.3. The average Bonchev–Trinajstić information content (AvgIpc) is 2.18. The third-order valence-corrected chi connectivity index (χ3v) is 1.49. The molecule has 0 bridgehead atoms. The van der Waals surface area contributed by atoms with Crippen molar-refractivity contribution in [3.8, 4) is 17.6 Å². The van der Waals surface area contributed by atoms with Crippen molar-refractivity contribution in [1.29, 1.82) is 0 Å². The molecule has 1 aromatic carbocycles. The maximum Gasteiger partial charge on any atom is 0.278 e. The quantitative estimate of drug-likeness (QED) is 0.624. The maximum atomic E-state index is 11.6. The molecule has 0 unspecified atom stereocenters. The van der Waals surface area contributed by atoms with Gasteiger partial charge in [0.2, 0.25) is 0 Å². The molecule has 0 radical (unpaired) electrons. The van der Waals surface area contributed by atoms with Gasteiger partial charge in [0, 0.05) is 5.56 Å². The first-order valence-corrected chi connectivity index (χ1v) is 3.89. The highest BCUT2D eigenvalue weighted by Gasteiger charge is 1.89. The molecule has 0 aromatic heterocycles. The zero-order valence-corrected chi connectivity index (χ0v) is 7.55. The largest absolute Gasteiger partial charge is 0.497 e. The number of halogens is 2. The Hall–Kier alpha value is -1.82. The minimum absolute atomic E-state index is 0.574. The van der Waals surface area contributed by atoms with Gasteiger partial charge in [-0.25, -0.2) is 0 Å². The van der Waals surface area contributed by atoms with E-state index in [0.29, 0.717) is 17.4 Å². The predicted octanol–water partition coefficient (Wildman–Crippen LogP) is 2.83. The topological polar surface area (TPSA) is 9.23 Å². The molecule has 0 aliphatic rings. The molecule has 0 fully saturated rings. The lowest BCUT2D eigenvalue weighted by molar-refractivity contribution is 0.415. The van der Waals surface area contributed by atoms with Crippen LogP contribution in [0.25, 0.3) is 0 Å². The fraction of sp³-hybridized carbons (Fsp3) is 0.0909. The second-order valence-electron chi connectivity index (χ2n) is 2.43. The summed E-state index contributed by atoms with van der Waals surface area (Å²) in [4.78, 5) is 0. The molecule has 3 heteroatoms. The fourth-order valence-electron chi connectivity index (χ4n) is 0.848. The van der Waals surface area contributed by atoms with E-state index in [1.54, 1.807) is 31.4 Å². The summed E-state index contributed by atoms with van der Waals surface area (Å²) in [5.74, 6) is 5.51. The first kappa shape index (κ1) is 10.3. The van der Waals surface area contributed by atoms with Gasteiger partial charge in [0.25, 0.3) is 6.08 Å². The molecule has 72 valence electrons. The van der Waals surface area contributed by atoms with Crippen LogP contribution in [0.15, 0.2) is 36.4 Å². The molecule has 1 aromatic rings. The van der Waals surface area contributed by atoms with Gasteiger partial charge in [-0.05, 0) is 24.3 Å². The normalized spacial score (nSPS) is 8.50. The van der Waals surface area contributed by atoms with Gasteiger partial charge in [0.05, 0.1) is 13.2 Å². The van der Waals surface area contributed by atoms with Crippen molar-refractivity contribution in [3.63, 3.8) is 0 Å². The van der Waals surface area contributed by atoms with Gasteiger partial charge in [0.1, 0.15) is 5.75 Å². The highest BCUT2D eigenvalue weighted by molar-refractivity contribution is 5.40. The molecule has 0 aliphatic carbocycles. The Bertz CT molecular complexity index is 378. The van der Waals surface area contributed by atoms with Crippen LogP contribution in [0, 0.1) is 11.8 Å². The molecule has 0 saturated heterocycles. The van der Waals surface area contributed by atoms with Crippen molar-refractivity contribution >= 4 is 0 Å². The molecule has 1 rings (SSSR count). The van der Waals surface area contributed by atoms with Crippen molar-refractivity contribution in [2.45, 2.75) is 0 Å². The van der Waals surface area contributed by atoms with Crippen LogP contribution in [0.5, 0.6) is 5.75 Å².